The van der Waals surface area contributed by atoms with Crippen LogP contribution >= 0.6 is 11.6 Å². The summed E-state index contributed by atoms with van der Waals surface area (Å²) in [6.07, 6.45) is 5.26. The van der Waals surface area contributed by atoms with Gasteiger partial charge in [0, 0.05) is 47.8 Å². The molecule has 2 aliphatic heterocycles. The highest BCUT2D eigenvalue weighted by molar-refractivity contribution is 6.31. The van der Waals surface area contributed by atoms with Gasteiger partial charge in [0.1, 0.15) is 11.9 Å². The van der Waals surface area contributed by atoms with E-state index in [0.29, 0.717) is 10.9 Å². The molecule has 2 atom stereocenters. The molecule has 0 aliphatic carbocycles. The Labute approximate surface area is 156 Å². The largest absolute Gasteiger partial charge is 0.474 e. The molecule has 2 aromatic rings. The van der Waals surface area contributed by atoms with Gasteiger partial charge in [0.15, 0.2) is 0 Å². The van der Waals surface area contributed by atoms with Crippen molar-refractivity contribution < 1.29 is 13.9 Å². The highest BCUT2D eigenvalue weighted by atomic mass is 35.5. The number of carbonyl (C=O) groups excluding carboxylic acids is 1. The second kappa shape index (κ2) is 7.23. The summed E-state index contributed by atoms with van der Waals surface area (Å²) in [5, 5.41) is 0.305. The van der Waals surface area contributed by atoms with Crippen molar-refractivity contribution in [1.29, 1.82) is 0 Å². The molecule has 2 unspecified atom stereocenters. The summed E-state index contributed by atoms with van der Waals surface area (Å²) < 4.78 is 20.0. The standard InChI is InChI=1S/C20H20ClFN2O2/c21-17-4-3-5-18(22)16(17)12-20(25)24-13-7-8-14(24)11-15(10-13)26-19-6-1-2-9-23-19/h1-6,9,13-15H,7-8,10-12H2. The number of hydrogen-bond donors (Lipinski definition) is 0. The van der Waals surface area contributed by atoms with Gasteiger partial charge in [0.2, 0.25) is 11.8 Å². The molecule has 1 amide bonds. The zero-order chi connectivity index (χ0) is 18.1. The number of amides is 1. The van der Waals surface area contributed by atoms with E-state index in [1.165, 1.54) is 6.07 Å². The van der Waals surface area contributed by atoms with E-state index in [4.69, 9.17) is 16.3 Å². The first-order valence-corrected chi connectivity index (χ1v) is 9.31. The van der Waals surface area contributed by atoms with Crippen LogP contribution in [0.25, 0.3) is 0 Å². The van der Waals surface area contributed by atoms with Crippen LogP contribution in [0.3, 0.4) is 0 Å². The highest BCUT2D eigenvalue weighted by Gasteiger charge is 2.44. The van der Waals surface area contributed by atoms with E-state index in [2.05, 4.69) is 4.98 Å². The minimum atomic E-state index is -0.424. The van der Waals surface area contributed by atoms with E-state index in [0.717, 1.165) is 25.7 Å². The smallest absolute Gasteiger partial charge is 0.227 e. The van der Waals surface area contributed by atoms with Crippen LogP contribution in [0.15, 0.2) is 42.6 Å². The normalized spacial score (nSPS) is 24.5. The maximum atomic E-state index is 14.0. The summed E-state index contributed by atoms with van der Waals surface area (Å²) in [5.41, 5.74) is 0.283. The third-order valence-electron chi connectivity index (χ3n) is 5.29. The number of pyridine rings is 1. The number of fused-ring (bicyclic) bond motifs is 2. The number of carbonyl (C=O) groups is 1. The van der Waals surface area contributed by atoms with Crippen molar-refractivity contribution in [2.75, 3.05) is 0 Å². The van der Waals surface area contributed by atoms with Crippen LogP contribution in [0.2, 0.25) is 5.02 Å². The monoisotopic (exact) mass is 374 g/mol. The summed E-state index contributed by atoms with van der Waals surface area (Å²) in [4.78, 5) is 19.0. The molecule has 136 valence electrons. The maximum Gasteiger partial charge on any atom is 0.227 e. The van der Waals surface area contributed by atoms with Gasteiger partial charge in [-0.25, -0.2) is 9.37 Å². The Morgan fingerprint density at radius 3 is 2.62 bits per heavy atom. The van der Waals surface area contributed by atoms with Crippen LogP contribution in [0.5, 0.6) is 5.88 Å². The van der Waals surface area contributed by atoms with Gasteiger partial charge in [-0.2, -0.15) is 0 Å². The lowest BCUT2D eigenvalue weighted by Crippen LogP contribution is -2.49. The SMILES string of the molecule is O=C(Cc1c(F)cccc1Cl)N1C2CCC1CC(Oc1ccccn1)C2. The molecule has 6 heteroatoms. The van der Waals surface area contributed by atoms with Crippen molar-refractivity contribution in [3.63, 3.8) is 0 Å². The number of piperidine rings is 1. The van der Waals surface area contributed by atoms with Gasteiger partial charge in [-0.3, -0.25) is 4.79 Å². The van der Waals surface area contributed by atoms with Crippen LogP contribution in [0.4, 0.5) is 4.39 Å². The topological polar surface area (TPSA) is 42.4 Å². The van der Waals surface area contributed by atoms with Crippen molar-refractivity contribution in [3.8, 4) is 5.88 Å². The fourth-order valence-corrected chi connectivity index (χ4v) is 4.39. The van der Waals surface area contributed by atoms with E-state index in [1.54, 1.807) is 18.3 Å². The van der Waals surface area contributed by atoms with Gasteiger partial charge in [-0.05, 0) is 31.0 Å². The van der Waals surface area contributed by atoms with Gasteiger partial charge in [-0.15, -0.1) is 0 Å². The van der Waals surface area contributed by atoms with Gasteiger partial charge in [0.05, 0.1) is 6.42 Å². The van der Waals surface area contributed by atoms with E-state index >= 15 is 0 Å². The van der Waals surface area contributed by atoms with Crippen molar-refractivity contribution in [2.45, 2.75) is 50.3 Å². The van der Waals surface area contributed by atoms with Crippen molar-refractivity contribution in [2.24, 2.45) is 0 Å². The van der Waals surface area contributed by atoms with Crippen LogP contribution in [-0.2, 0) is 11.2 Å². The van der Waals surface area contributed by atoms with E-state index < -0.39 is 5.82 Å². The molecule has 1 aromatic carbocycles. The Morgan fingerprint density at radius 2 is 1.96 bits per heavy atom. The molecule has 2 bridgehead atoms. The number of benzene rings is 1. The molecule has 2 saturated heterocycles. The first-order valence-electron chi connectivity index (χ1n) is 8.93. The second-order valence-corrected chi connectivity index (χ2v) is 7.35. The highest BCUT2D eigenvalue weighted by Crippen LogP contribution is 2.37. The Morgan fingerprint density at radius 1 is 1.19 bits per heavy atom. The lowest BCUT2D eigenvalue weighted by molar-refractivity contribution is -0.136. The first kappa shape index (κ1) is 17.3. The Balaban J connectivity index is 1.44. The number of nitrogens with zero attached hydrogens (tertiary/aromatic N) is 2. The van der Waals surface area contributed by atoms with Gasteiger partial charge < -0.3 is 9.64 Å². The third kappa shape index (κ3) is 3.40. The molecule has 0 radical (unpaired) electrons. The van der Waals surface area contributed by atoms with Crippen molar-refractivity contribution in [3.05, 3.63) is 59.0 Å². The first-order chi connectivity index (χ1) is 12.6. The molecular formula is C20H20ClFN2O2. The molecule has 0 N–H and O–H groups in total. The summed E-state index contributed by atoms with van der Waals surface area (Å²) >= 11 is 6.08. The Kier molecular flexibility index (Phi) is 4.81. The quantitative estimate of drug-likeness (QED) is 0.811. The molecule has 1 aromatic heterocycles. The van der Waals surface area contributed by atoms with Gasteiger partial charge in [-0.1, -0.05) is 23.7 Å². The molecule has 26 heavy (non-hydrogen) atoms. The summed E-state index contributed by atoms with van der Waals surface area (Å²) in [6, 6.07) is 10.4. The van der Waals surface area contributed by atoms with Gasteiger partial charge in [0.25, 0.3) is 0 Å². The Bertz CT molecular complexity index is 767. The fraction of sp³-hybridized carbons (Fsp3) is 0.400. The van der Waals surface area contributed by atoms with Crippen LogP contribution in [0.1, 0.15) is 31.2 Å². The molecule has 0 saturated carbocycles. The molecule has 4 nitrogen and oxygen atoms in total. The molecular weight excluding hydrogens is 355 g/mol. The number of rotatable bonds is 4. The molecule has 2 fully saturated rings. The zero-order valence-electron chi connectivity index (χ0n) is 14.3. The molecule has 2 aliphatic rings. The predicted octanol–water partition coefficient (Wildman–Crippen LogP) is 4.02. The Hall–Kier alpha value is -2.14. The molecule has 3 heterocycles. The van der Waals surface area contributed by atoms with Crippen LogP contribution in [-0.4, -0.2) is 34.0 Å². The van der Waals surface area contributed by atoms with E-state index in [-0.39, 0.29) is 36.1 Å². The van der Waals surface area contributed by atoms with Crippen molar-refractivity contribution >= 4 is 17.5 Å². The predicted molar refractivity (Wildman–Crippen MR) is 96.7 cm³/mol. The average Bonchev–Trinajstić information content (AvgIpc) is 2.90. The number of hydrogen-bond acceptors (Lipinski definition) is 3. The number of ether oxygens (including phenoxy) is 1. The molecule has 0 spiro atoms. The fourth-order valence-electron chi connectivity index (χ4n) is 4.16. The van der Waals surface area contributed by atoms with Crippen LogP contribution < -0.4 is 4.74 Å². The third-order valence-corrected chi connectivity index (χ3v) is 5.65. The minimum Gasteiger partial charge on any atom is -0.474 e. The number of halogens is 2. The second-order valence-electron chi connectivity index (χ2n) is 6.94. The lowest BCUT2D eigenvalue weighted by atomic mass is 9.98. The van der Waals surface area contributed by atoms with E-state index in [9.17, 15) is 9.18 Å². The average molecular weight is 375 g/mol. The lowest BCUT2D eigenvalue weighted by Gasteiger charge is -2.39. The minimum absolute atomic E-state index is 0.00424. The van der Waals surface area contributed by atoms with E-state index in [1.807, 2.05) is 23.1 Å². The zero-order valence-corrected chi connectivity index (χ0v) is 15.0. The summed E-state index contributed by atoms with van der Waals surface area (Å²) in [5.74, 6) is 0.141. The van der Waals surface area contributed by atoms with Crippen LogP contribution in [0, 0.1) is 5.82 Å². The van der Waals surface area contributed by atoms with Gasteiger partial charge >= 0.3 is 0 Å². The summed E-state index contributed by atoms with van der Waals surface area (Å²) in [7, 11) is 0. The van der Waals surface area contributed by atoms with Crippen molar-refractivity contribution in [1.82, 2.24) is 9.88 Å². The summed E-state index contributed by atoms with van der Waals surface area (Å²) in [6.45, 7) is 0. The molecule has 4 rings (SSSR count). The maximum absolute atomic E-state index is 14.0. The number of aromatic nitrogens is 1.